The number of anilines is 1. The Morgan fingerprint density at radius 2 is 2.33 bits per heavy atom. The second-order valence-corrected chi connectivity index (χ2v) is 3.43. The fourth-order valence-electron chi connectivity index (χ4n) is 1.47. The molecule has 0 bridgehead atoms. The molecule has 2 rings (SSSR count). The molecule has 0 spiro atoms. The quantitative estimate of drug-likeness (QED) is 0.635. The molecule has 0 aliphatic carbocycles. The minimum atomic E-state index is -0.214. The molecule has 1 atom stereocenters. The van der Waals surface area contributed by atoms with Crippen LogP contribution in [0.15, 0.2) is 18.2 Å². The lowest BCUT2D eigenvalue weighted by Crippen LogP contribution is -2.26. The summed E-state index contributed by atoms with van der Waals surface area (Å²) in [5, 5.41) is 2.72. The number of ether oxygens (including phenoxy) is 1. The van der Waals surface area contributed by atoms with Gasteiger partial charge in [0.05, 0.1) is 5.69 Å². The number of amides is 1. The first-order chi connectivity index (χ1) is 7.20. The third-order valence-electron chi connectivity index (χ3n) is 2.32. The lowest BCUT2D eigenvalue weighted by molar-refractivity contribution is -0.118. The third kappa shape index (κ3) is 1.93. The topological polar surface area (TPSA) is 90.4 Å². The SMILES string of the molecule is NC[C@@H](N)c1ccc2c(c1)NC(=O)CO2. The molecule has 5 nitrogen and oxygen atoms in total. The maximum atomic E-state index is 11.1. The van der Waals surface area contributed by atoms with E-state index in [-0.39, 0.29) is 18.6 Å². The van der Waals surface area contributed by atoms with E-state index in [0.717, 1.165) is 5.56 Å². The van der Waals surface area contributed by atoms with E-state index in [1.54, 1.807) is 12.1 Å². The number of carbonyl (C=O) groups is 1. The molecule has 0 radical (unpaired) electrons. The number of carbonyl (C=O) groups excluding carboxylic acids is 1. The van der Waals surface area contributed by atoms with E-state index in [2.05, 4.69) is 5.32 Å². The molecule has 5 N–H and O–H groups in total. The van der Waals surface area contributed by atoms with Gasteiger partial charge in [-0.2, -0.15) is 0 Å². The summed E-state index contributed by atoms with van der Waals surface area (Å²) in [7, 11) is 0. The highest BCUT2D eigenvalue weighted by molar-refractivity contribution is 5.95. The zero-order valence-electron chi connectivity index (χ0n) is 8.19. The van der Waals surface area contributed by atoms with Crippen LogP contribution in [0, 0.1) is 0 Å². The average molecular weight is 207 g/mol. The maximum Gasteiger partial charge on any atom is 0.262 e. The van der Waals surface area contributed by atoms with Crippen LogP contribution in [0.25, 0.3) is 0 Å². The molecule has 0 saturated carbocycles. The Balaban J connectivity index is 2.32. The Morgan fingerprint density at radius 1 is 1.53 bits per heavy atom. The number of hydrogen-bond donors (Lipinski definition) is 3. The van der Waals surface area contributed by atoms with Gasteiger partial charge in [-0.15, -0.1) is 0 Å². The van der Waals surface area contributed by atoms with Gasteiger partial charge in [0.1, 0.15) is 5.75 Å². The van der Waals surface area contributed by atoms with Crippen molar-refractivity contribution in [2.24, 2.45) is 11.5 Å². The van der Waals surface area contributed by atoms with Gasteiger partial charge >= 0.3 is 0 Å². The summed E-state index contributed by atoms with van der Waals surface area (Å²) in [6.07, 6.45) is 0. The van der Waals surface area contributed by atoms with Gasteiger partial charge in [-0.25, -0.2) is 0 Å². The fourth-order valence-corrected chi connectivity index (χ4v) is 1.47. The van der Waals surface area contributed by atoms with Crippen LogP contribution in [-0.2, 0) is 4.79 Å². The van der Waals surface area contributed by atoms with Gasteiger partial charge in [-0.1, -0.05) is 6.07 Å². The van der Waals surface area contributed by atoms with Gasteiger partial charge in [-0.3, -0.25) is 4.79 Å². The monoisotopic (exact) mass is 207 g/mol. The first-order valence-corrected chi connectivity index (χ1v) is 4.73. The normalized spacial score (nSPS) is 16.3. The van der Waals surface area contributed by atoms with Gasteiger partial charge in [0.15, 0.2) is 6.61 Å². The molecular weight excluding hydrogens is 194 g/mol. The number of rotatable bonds is 2. The number of nitrogens with two attached hydrogens (primary N) is 2. The molecule has 80 valence electrons. The predicted octanol–water partition coefficient (Wildman–Crippen LogP) is -0.0240. The van der Waals surface area contributed by atoms with Crippen LogP contribution >= 0.6 is 0 Å². The Labute approximate surface area is 87.4 Å². The van der Waals surface area contributed by atoms with E-state index in [9.17, 15) is 4.79 Å². The Bertz CT molecular complexity index is 392. The fraction of sp³-hybridized carbons (Fsp3) is 0.300. The average Bonchev–Trinajstić information content (AvgIpc) is 2.27. The summed E-state index contributed by atoms with van der Waals surface area (Å²) in [6, 6.07) is 5.23. The molecule has 0 fully saturated rings. The van der Waals surface area contributed by atoms with Crippen LogP contribution in [0.4, 0.5) is 5.69 Å². The van der Waals surface area contributed by atoms with E-state index < -0.39 is 0 Å². The molecular formula is C10H13N3O2. The zero-order chi connectivity index (χ0) is 10.8. The number of hydrogen-bond acceptors (Lipinski definition) is 4. The van der Waals surface area contributed by atoms with Crippen LogP contribution in [-0.4, -0.2) is 19.1 Å². The van der Waals surface area contributed by atoms with Crippen molar-refractivity contribution < 1.29 is 9.53 Å². The van der Waals surface area contributed by atoms with E-state index in [1.807, 2.05) is 6.07 Å². The third-order valence-corrected chi connectivity index (χ3v) is 2.32. The lowest BCUT2D eigenvalue weighted by atomic mass is 10.1. The molecule has 1 aliphatic heterocycles. The van der Waals surface area contributed by atoms with Crippen molar-refractivity contribution in [1.29, 1.82) is 0 Å². The summed E-state index contributed by atoms with van der Waals surface area (Å²) in [5.74, 6) is 0.517. The highest BCUT2D eigenvalue weighted by atomic mass is 16.5. The van der Waals surface area contributed by atoms with Crippen molar-refractivity contribution >= 4 is 11.6 Å². The highest BCUT2D eigenvalue weighted by Crippen LogP contribution is 2.29. The highest BCUT2D eigenvalue weighted by Gasteiger charge is 2.16. The summed E-state index contributed by atoms with van der Waals surface area (Å²) >= 11 is 0. The second-order valence-electron chi connectivity index (χ2n) is 3.43. The zero-order valence-corrected chi connectivity index (χ0v) is 8.19. The van der Waals surface area contributed by atoms with E-state index >= 15 is 0 Å². The van der Waals surface area contributed by atoms with Crippen molar-refractivity contribution in [1.82, 2.24) is 0 Å². The lowest BCUT2D eigenvalue weighted by Gasteiger charge is -2.19. The van der Waals surface area contributed by atoms with Crippen molar-refractivity contribution in [3.05, 3.63) is 23.8 Å². The molecule has 1 aromatic carbocycles. The van der Waals surface area contributed by atoms with Gasteiger partial charge in [0.2, 0.25) is 0 Å². The van der Waals surface area contributed by atoms with Crippen molar-refractivity contribution in [3.8, 4) is 5.75 Å². The predicted molar refractivity (Wildman–Crippen MR) is 56.5 cm³/mol. The molecule has 1 aliphatic rings. The molecule has 1 aromatic rings. The van der Waals surface area contributed by atoms with Gasteiger partial charge in [0, 0.05) is 12.6 Å². The minimum Gasteiger partial charge on any atom is -0.482 e. The van der Waals surface area contributed by atoms with Gasteiger partial charge in [0.25, 0.3) is 5.91 Å². The van der Waals surface area contributed by atoms with Crippen LogP contribution in [0.2, 0.25) is 0 Å². The van der Waals surface area contributed by atoms with Crippen molar-refractivity contribution in [2.45, 2.75) is 6.04 Å². The molecule has 5 heteroatoms. The minimum absolute atomic E-state index is 0.0648. The molecule has 0 unspecified atom stereocenters. The Morgan fingerprint density at radius 3 is 3.07 bits per heavy atom. The van der Waals surface area contributed by atoms with E-state index in [4.69, 9.17) is 16.2 Å². The number of nitrogens with one attached hydrogen (secondary N) is 1. The first-order valence-electron chi connectivity index (χ1n) is 4.73. The number of benzene rings is 1. The Kier molecular flexibility index (Phi) is 2.57. The van der Waals surface area contributed by atoms with Gasteiger partial charge in [-0.05, 0) is 17.7 Å². The van der Waals surface area contributed by atoms with Crippen LogP contribution < -0.4 is 21.5 Å². The van der Waals surface area contributed by atoms with Gasteiger partial charge < -0.3 is 21.5 Å². The molecule has 0 aromatic heterocycles. The summed E-state index contributed by atoms with van der Waals surface area (Å²) < 4.78 is 5.22. The molecule has 15 heavy (non-hydrogen) atoms. The van der Waals surface area contributed by atoms with Crippen LogP contribution in [0.3, 0.4) is 0 Å². The second kappa shape index (κ2) is 3.88. The number of fused-ring (bicyclic) bond motifs is 1. The summed E-state index contributed by atoms with van der Waals surface area (Å²) in [4.78, 5) is 11.1. The summed E-state index contributed by atoms with van der Waals surface area (Å²) in [5.41, 5.74) is 12.8. The van der Waals surface area contributed by atoms with Crippen molar-refractivity contribution in [2.75, 3.05) is 18.5 Å². The molecule has 1 heterocycles. The van der Waals surface area contributed by atoms with Crippen LogP contribution in [0.5, 0.6) is 5.75 Å². The molecule has 0 saturated heterocycles. The summed E-state index contributed by atoms with van der Waals surface area (Å²) in [6.45, 7) is 0.433. The molecule has 1 amide bonds. The standard InChI is InChI=1S/C10H13N3O2/c11-4-7(12)6-1-2-9-8(3-6)13-10(14)5-15-9/h1-3,7H,4-5,11-12H2,(H,13,14)/t7-/m1/s1. The smallest absolute Gasteiger partial charge is 0.262 e. The first kappa shape index (κ1) is 9.95. The van der Waals surface area contributed by atoms with Crippen molar-refractivity contribution in [3.63, 3.8) is 0 Å². The largest absolute Gasteiger partial charge is 0.482 e. The van der Waals surface area contributed by atoms with Crippen LogP contribution in [0.1, 0.15) is 11.6 Å². The maximum absolute atomic E-state index is 11.1. The van der Waals surface area contributed by atoms with E-state index in [1.165, 1.54) is 0 Å². The Hall–Kier alpha value is -1.59. The van der Waals surface area contributed by atoms with E-state index in [0.29, 0.717) is 18.0 Å².